The van der Waals surface area contributed by atoms with Crippen molar-refractivity contribution < 1.29 is 0 Å². The Bertz CT molecular complexity index is 980. The van der Waals surface area contributed by atoms with Crippen molar-refractivity contribution in [1.29, 1.82) is 0 Å². The van der Waals surface area contributed by atoms with Gasteiger partial charge in [-0.25, -0.2) is 0 Å². The minimum atomic E-state index is -0.387. The molecule has 136 valence electrons. The Balaban J connectivity index is 1.70. The van der Waals surface area contributed by atoms with Gasteiger partial charge in [-0.3, -0.25) is 9.89 Å². The second-order valence-corrected chi connectivity index (χ2v) is 6.86. The lowest BCUT2D eigenvalue weighted by molar-refractivity contribution is 0.802. The van der Waals surface area contributed by atoms with Crippen LogP contribution in [-0.2, 0) is 6.42 Å². The highest BCUT2D eigenvalue weighted by Gasteiger charge is 2.11. The zero-order chi connectivity index (χ0) is 18.7. The molecule has 0 bridgehead atoms. The van der Waals surface area contributed by atoms with Crippen molar-refractivity contribution >= 4 is 28.9 Å². The molecule has 0 aliphatic heterocycles. The van der Waals surface area contributed by atoms with Crippen molar-refractivity contribution in [3.05, 3.63) is 67.8 Å². The molecule has 8 heteroatoms. The second-order valence-electron chi connectivity index (χ2n) is 6.07. The van der Waals surface area contributed by atoms with E-state index in [0.29, 0.717) is 22.9 Å². The third-order valence-corrected chi connectivity index (χ3v) is 4.96. The maximum absolute atomic E-state index is 12.5. The predicted molar refractivity (Wildman–Crippen MR) is 105 cm³/mol. The normalized spacial score (nSPS) is 10.9. The molecule has 3 rings (SSSR count). The van der Waals surface area contributed by atoms with E-state index in [1.807, 2.05) is 26.1 Å². The minimum Gasteiger partial charge on any atom is -0.382 e. The number of anilines is 1. The van der Waals surface area contributed by atoms with Crippen molar-refractivity contribution in [2.75, 3.05) is 11.9 Å². The summed E-state index contributed by atoms with van der Waals surface area (Å²) in [5.41, 5.74) is 3.90. The van der Waals surface area contributed by atoms with E-state index >= 15 is 0 Å². The molecule has 2 N–H and O–H groups in total. The molecule has 0 saturated heterocycles. The van der Waals surface area contributed by atoms with Gasteiger partial charge in [0.2, 0.25) is 0 Å². The largest absolute Gasteiger partial charge is 0.382 e. The summed E-state index contributed by atoms with van der Waals surface area (Å²) in [4.78, 5) is 12.5. The molecule has 1 aromatic carbocycles. The SMILES string of the molecule is Cc1ccc(-n2ncc(NCCCc3cn[nH]c3C)c(Cl)c2=O)cc1Cl. The molecule has 2 heterocycles. The van der Waals surface area contributed by atoms with Crippen molar-refractivity contribution in [3.63, 3.8) is 0 Å². The van der Waals surface area contributed by atoms with E-state index in [9.17, 15) is 4.79 Å². The average molecular weight is 392 g/mol. The molecular weight excluding hydrogens is 373 g/mol. The maximum Gasteiger partial charge on any atom is 0.292 e. The lowest BCUT2D eigenvalue weighted by Gasteiger charge is -2.11. The lowest BCUT2D eigenvalue weighted by Crippen LogP contribution is -2.23. The molecule has 0 spiro atoms. The van der Waals surface area contributed by atoms with Gasteiger partial charge in [-0.05, 0) is 49.9 Å². The van der Waals surface area contributed by atoms with E-state index in [1.54, 1.807) is 18.3 Å². The molecule has 0 radical (unpaired) electrons. The van der Waals surface area contributed by atoms with E-state index < -0.39 is 0 Å². The number of nitrogens with one attached hydrogen (secondary N) is 2. The molecule has 0 aliphatic carbocycles. The fourth-order valence-electron chi connectivity index (χ4n) is 2.58. The van der Waals surface area contributed by atoms with Gasteiger partial charge in [0.25, 0.3) is 5.56 Å². The third kappa shape index (κ3) is 3.92. The van der Waals surface area contributed by atoms with Gasteiger partial charge in [0.15, 0.2) is 0 Å². The highest BCUT2D eigenvalue weighted by atomic mass is 35.5. The first-order valence-electron chi connectivity index (χ1n) is 8.24. The number of aromatic amines is 1. The van der Waals surface area contributed by atoms with Gasteiger partial charge in [0, 0.05) is 17.3 Å². The Morgan fingerprint density at radius 1 is 1.23 bits per heavy atom. The van der Waals surface area contributed by atoms with Crippen LogP contribution in [0.4, 0.5) is 5.69 Å². The number of hydrogen-bond acceptors (Lipinski definition) is 4. The van der Waals surface area contributed by atoms with Gasteiger partial charge >= 0.3 is 0 Å². The fraction of sp³-hybridized carbons (Fsp3) is 0.278. The number of halogens is 2. The number of rotatable bonds is 6. The van der Waals surface area contributed by atoms with Crippen molar-refractivity contribution in [2.45, 2.75) is 26.7 Å². The summed E-state index contributed by atoms with van der Waals surface area (Å²) in [6.45, 7) is 4.56. The van der Waals surface area contributed by atoms with Crippen LogP contribution in [0.3, 0.4) is 0 Å². The van der Waals surface area contributed by atoms with Crippen LogP contribution in [0.2, 0.25) is 10.0 Å². The van der Waals surface area contributed by atoms with Gasteiger partial charge in [-0.15, -0.1) is 0 Å². The lowest BCUT2D eigenvalue weighted by atomic mass is 10.1. The smallest absolute Gasteiger partial charge is 0.292 e. The summed E-state index contributed by atoms with van der Waals surface area (Å²) in [5.74, 6) is 0. The van der Waals surface area contributed by atoms with Gasteiger partial charge < -0.3 is 5.32 Å². The van der Waals surface area contributed by atoms with E-state index in [1.165, 1.54) is 10.2 Å². The molecule has 0 aliphatic rings. The molecule has 0 amide bonds. The number of benzene rings is 1. The highest BCUT2D eigenvalue weighted by molar-refractivity contribution is 6.33. The number of nitrogens with zero attached hydrogens (tertiary/aromatic N) is 3. The summed E-state index contributed by atoms with van der Waals surface area (Å²) in [6, 6.07) is 5.32. The standard InChI is InChI=1S/C18H19Cl2N5O/c1-11-5-6-14(8-15(11)19)25-18(26)17(20)16(10-23-25)21-7-3-4-13-9-22-24-12(13)2/h5-6,8-10,21H,3-4,7H2,1-2H3,(H,22,24). The molecule has 0 saturated carbocycles. The number of H-pyrrole nitrogens is 1. The van der Waals surface area contributed by atoms with Crippen LogP contribution in [0.1, 0.15) is 23.2 Å². The van der Waals surface area contributed by atoms with Gasteiger partial charge in [-0.1, -0.05) is 29.3 Å². The van der Waals surface area contributed by atoms with E-state index in [-0.39, 0.29) is 10.6 Å². The van der Waals surface area contributed by atoms with E-state index in [0.717, 1.165) is 24.1 Å². The van der Waals surface area contributed by atoms with Gasteiger partial charge in [0.1, 0.15) is 5.02 Å². The molecule has 2 aromatic heterocycles. The van der Waals surface area contributed by atoms with Crippen molar-refractivity contribution in [3.8, 4) is 5.69 Å². The van der Waals surface area contributed by atoms with Crippen molar-refractivity contribution in [1.82, 2.24) is 20.0 Å². The van der Waals surface area contributed by atoms with Crippen LogP contribution < -0.4 is 10.9 Å². The Kier molecular flexibility index (Phi) is 5.64. The van der Waals surface area contributed by atoms with Crippen LogP contribution in [0, 0.1) is 13.8 Å². The number of hydrogen-bond donors (Lipinski definition) is 2. The summed E-state index contributed by atoms with van der Waals surface area (Å²) >= 11 is 12.4. The summed E-state index contributed by atoms with van der Waals surface area (Å²) in [5, 5.41) is 15.0. The third-order valence-electron chi connectivity index (χ3n) is 4.19. The summed E-state index contributed by atoms with van der Waals surface area (Å²) in [6.07, 6.45) is 5.16. The van der Waals surface area contributed by atoms with Gasteiger partial charge in [-0.2, -0.15) is 14.9 Å². The zero-order valence-electron chi connectivity index (χ0n) is 14.5. The Hall–Kier alpha value is -2.31. The second kappa shape index (κ2) is 7.93. The Labute approximate surface area is 161 Å². The van der Waals surface area contributed by atoms with E-state index in [2.05, 4.69) is 20.6 Å². The molecular formula is C18H19Cl2N5O. The highest BCUT2D eigenvalue weighted by Crippen LogP contribution is 2.20. The fourth-order valence-corrected chi connectivity index (χ4v) is 2.95. The van der Waals surface area contributed by atoms with Crippen LogP contribution in [0.25, 0.3) is 5.69 Å². The summed E-state index contributed by atoms with van der Waals surface area (Å²) in [7, 11) is 0. The van der Waals surface area contributed by atoms with Crippen LogP contribution in [-0.4, -0.2) is 26.5 Å². The zero-order valence-corrected chi connectivity index (χ0v) is 16.0. The molecule has 0 fully saturated rings. The topological polar surface area (TPSA) is 75.6 Å². The van der Waals surface area contributed by atoms with E-state index in [4.69, 9.17) is 23.2 Å². The number of aryl methyl sites for hydroxylation is 3. The van der Waals surface area contributed by atoms with Crippen molar-refractivity contribution in [2.24, 2.45) is 0 Å². The van der Waals surface area contributed by atoms with Crippen LogP contribution >= 0.6 is 23.2 Å². The van der Waals surface area contributed by atoms with Crippen LogP contribution in [0.15, 0.2) is 35.4 Å². The minimum absolute atomic E-state index is 0.108. The number of aromatic nitrogens is 4. The first-order chi connectivity index (χ1) is 12.5. The monoisotopic (exact) mass is 391 g/mol. The first kappa shape index (κ1) is 18.5. The summed E-state index contributed by atoms with van der Waals surface area (Å²) < 4.78 is 1.24. The molecule has 0 unspecified atom stereocenters. The molecule has 6 nitrogen and oxygen atoms in total. The molecule has 26 heavy (non-hydrogen) atoms. The molecule has 0 atom stereocenters. The van der Waals surface area contributed by atoms with Gasteiger partial charge in [0.05, 0.1) is 23.8 Å². The molecule has 3 aromatic rings. The first-order valence-corrected chi connectivity index (χ1v) is 9.00. The predicted octanol–water partition coefficient (Wildman–Crippen LogP) is 3.92. The Morgan fingerprint density at radius 2 is 2.04 bits per heavy atom. The Morgan fingerprint density at radius 3 is 2.73 bits per heavy atom. The average Bonchev–Trinajstić information content (AvgIpc) is 3.03. The maximum atomic E-state index is 12.5. The van der Waals surface area contributed by atoms with Crippen LogP contribution in [0.5, 0.6) is 0 Å². The quantitative estimate of drug-likeness (QED) is 0.624.